The number of thiazole rings is 1. The van der Waals surface area contributed by atoms with Gasteiger partial charge in [-0.2, -0.15) is 11.8 Å². The molecule has 0 bridgehead atoms. The van der Waals surface area contributed by atoms with Crippen LogP contribution in [-0.4, -0.2) is 21.3 Å². The summed E-state index contributed by atoms with van der Waals surface area (Å²) in [5.74, 6) is 0.169. The number of aliphatic carboxylic acids is 1. The van der Waals surface area contributed by atoms with E-state index in [0.717, 1.165) is 26.6 Å². The predicted molar refractivity (Wildman–Crippen MR) is 71.7 cm³/mol. The molecule has 1 aromatic heterocycles. The Kier molecular flexibility index (Phi) is 4.45. The summed E-state index contributed by atoms with van der Waals surface area (Å²) in [5, 5.41) is 10.6. The lowest BCUT2D eigenvalue weighted by atomic mass is 10.3. The van der Waals surface area contributed by atoms with Crippen LogP contribution in [0.1, 0.15) is 41.3 Å². The van der Waals surface area contributed by atoms with E-state index in [9.17, 15) is 4.79 Å². The van der Waals surface area contributed by atoms with Crippen molar-refractivity contribution in [1.29, 1.82) is 0 Å². The van der Waals surface area contributed by atoms with Crippen molar-refractivity contribution in [1.82, 2.24) is 4.98 Å². The van der Waals surface area contributed by atoms with Crippen molar-refractivity contribution in [3.05, 3.63) is 15.6 Å². The molecule has 0 aromatic carbocycles. The average Bonchev–Trinajstić information content (AvgIpc) is 2.86. The van der Waals surface area contributed by atoms with Crippen LogP contribution in [0.4, 0.5) is 0 Å². The highest BCUT2D eigenvalue weighted by atomic mass is 32.2. The Balaban J connectivity index is 1.90. The number of carbonyl (C=O) groups is 1. The lowest BCUT2D eigenvalue weighted by Gasteiger charge is -2.05. The zero-order chi connectivity index (χ0) is 12.3. The van der Waals surface area contributed by atoms with Gasteiger partial charge in [-0.3, -0.25) is 4.79 Å². The molecule has 94 valence electrons. The molecule has 3 nitrogen and oxygen atoms in total. The van der Waals surface area contributed by atoms with Gasteiger partial charge >= 0.3 is 5.97 Å². The van der Waals surface area contributed by atoms with Crippen LogP contribution in [-0.2, 0) is 17.0 Å². The number of hydrogen-bond donors (Lipinski definition) is 1. The van der Waals surface area contributed by atoms with Crippen LogP contribution in [0, 0.1) is 6.92 Å². The summed E-state index contributed by atoms with van der Waals surface area (Å²) in [6, 6.07) is 0. The number of thioether (sulfide) groups is 1. The number of hydrogen-bond acceptors (Lipinski definition) is 4. The van der Waals surface area contributed by atoms with Gasteiger partial charge < -0.3 is 5.11 Å². The fourth-order valence-corrected chi connectivity index (χ4v) is 4.50. The fraction of sp³-hybridized carbons (Fsp3) is 0.667. The summed E-state index contributed by atoms with van der Waals surface area (Å²) >= 11 is 3.54. The monoisotopic (exact) mass is 271 g/mol. The molecule has 1 fully saturated rings. The molecule has 2 rings (SSSR count). The van der Waals surface area contributed by atoms with Crippen molar-refractivity contribution >= 4 is 29.1 Å². The Labute approximate surface area is 110 Å². The Hall–Kier alpha value is -0.550. The molecule has 1 N–H and O–H groups in total. The number of rotatable bonds is 5. The molecular weight excluding hydrogens is 254 g/mol. The van der Waals surface area contributed by atoms with Gasteiger partial charge in [0, 0.05) is 15.9 Å². The van der Waals surface area contributed by atoms with Crippen molar-refractivity contribution in [3.63, 3.8) is 0 Å². The molecule has 0 unspecified atom stereocenters. The zero-order valence-corrected chi connectivity index (χ0v) is 11.6. The van der Waals surface area contributed by atoms with E-state index in [4.69, 9.17) is 5.11 Å². The molecule has 0 atom stereocenters. The average molecular weight is 271 g/mol. The third-order valence-electron chi connectivity index (χ3n) is 2.99. The van der Waals surface area contributed by atoms with E-state index < -0.39 is 5.97 Å². The molecule has 1 aliphatic rings. The minimum atomic E-state index is -0.772. The van der Waals surface area contributed by atoms with Gasteiger partial charge in [0.25, 0.3) is 0 Å². The van der Waals surface area contributed by atoms with Crippen LogP contribution < -0.4 is 0 Å². The molecule has 0 radical (unpaired) electrons. The molecule has 1 heterocycles. The summed E-state index contributed by atoms with van der Waals surface area (Å²) in [4.78, 5) is 16.0. The highest BCUT2D eigenvalue weighted by molar-refractivity contribution is 7.99. The highest BCUT2D eigenvalue weighted by Crippen LogP contribution is 2.33. The molecular formula is C12H17NO2S2. The largest absolute Gasteiger partial charge is 0.481 e. The van der Waals surface area contributed by atoms with Gasteiger partial charge in [0.2, 0.25) is 0 Å². The summed E-state index contributed by atoms with van der Waals surface area (Å²) in [5.41, 5.74) is 0.888. The van der Waals surface area contributed by atoms with Crippen molar-refractivity contribution in [2.45, 2.75) is 50.0 Å². The van der Waals surface area contributed by atoms with Crippen LogP contribution in [0.15, 0.2) is 0 Å². The maximum Gasteiger partial charge on any atom is 0.308 e. The van der Waals surface area contributed by atoms with E-state index in [0.29, 0.717) is 0 Å². The first-order valence-electron chi connectivity index (χ1n) is 5.93. The van der Waals surface area contributed by atoms with E-state index in [1.165, 1.54) is 25.7 Å². The summed E-state index contributed by atoms with van der Waals surface area (Å²) in [6.07, 6.45) is 5.49. The minimum Gasteiger partial charge on any atom is -0.481 e. The summed E-state index contributed by atoms with van der Waals surface area (Å²) < 4.78 is 0. The van der Waals surface area contributed by atoms with E-state index in [1.807, 2.05) is 18.7 Å². The molecule has 0 spiro atoms. The fourth-order valence-electron chi connectivity index (χ4n) is 2.10. The molecule has 0 amide bonds. The summed E-state index contributed by atoms with van der Waals surface area (Å²) in [6.45, 7) is 1.90. The maximum atomic E-state index is 10.7. The molecule has 1 saturated carbocycles. The van der Waals surface area contributed by atoms with Crippen LogP contribution in [0.25, 0.3) is 0 Å². The first-order valence-corrected chi connectivity index (χ1v) is 7.80. The standard InChI is InChI=1S/C12H17NO2S2/c1-8-10(6-12(14)15)17-11(13-8)7-16-9-4-2-3-5-9/h9H,2-7H2,1H3,(H,14,15). The smallest absolute Gasteiger partial charge is 0.308 e. The minimum absolute atomic E-state index is 0.109. The van der Waals surface area contributed by atoms with Crippen molar-refractivity contribution in [2.75, 3.05) is 0 Å². The molecule has 0 saturated heterocycles. The number of carboxylic acids is 1. The Morgan fingerprint density at radius 3 is 2.88 bits per heavy atom. The third-order valence-corrected chi connectivity index (χ3v) is 5.72. The Morgan fingerprint density at radius 1 is 1.53 bits per heavy atom. The molecule has 17 heavy (non-hydrogen) atoms. The van der Waals surface area contributed by atoms with Crippen LogP contribution >= 0.6 is 23.1 Å². The Bertz CT molecular complexity index is 397. The summed E-state index contributed by atoms with van der Waals surface area (Å²) in [7, 11) is 0. The first-order chi connectivity index (χ1) is 8.15. The second-order valence-corrected chi connectivity index (χ2v) is 6.86. The quantitative estimate of drug-likeness (QED) is 0.893. The molecule has 5 heteroatoms. The Morgan fingerprint density at radius 2 is 2.24 bits per heavy atom. The van der Waals surface area contributed by atoms with E-state index >= 15 is 0 Å². The SMILES string of the molecule is Cc1nc(CSC2CCCC2)sc1CC(=O)O. The van der Waals surface area contributed by atoms with Crippen molar-refractivity contribution < 1.29 is 9.90 Å². The zero-order valence-electron chi connectivity index (χ0n) is 9.94. The lowest BCUT2D eigenvalue weighted by Crippen LogP contribution is -1.99. The normalized spacial score (nSPS) is 16.5. The van der Waals surface area contributed by atoms with Gasteiger partial charge in [-0.05, 0) is 19.8 Å². The lowest BCUT2D eigenvalue weighted by molar-refractivity contribution is -0.136. The second-order valence-electron chi connectivity index (χ2n) is 4.40. The van der Waals surface area contributed by atoms with Gasteiger partial charge in [0.15, 0.2) is 0 Å². The van der Waals surface area contributed by atoms with Crippen LogP contribution in [0.2, 0.25) is 0 Å². The van der Waals surface area contributed by atoms with E-state index in [-0.39, 0.29) is 6.42 Å². The van der Waals surface area contributed by atoms with Gasteiger partial charge in [0.05, 0.1) is 12.1 Å². The molecule has 1 aliphatic carbocycles. The number of carboxylic acid groups (broad SMARTS) is 1. The molecule has 1 aromatic rings. The van der Waals surface area contributed by atoms with Gasteiger partial charge in [-0.15, -0.1) is 11.3 Å². The number of nitrogens with zero attached hydrogens (tertiary/aromatic N) is 1. The van der Waals surface area contributed by atoms with Crippen LogP contribution in [0.5, 0.6) is 0 Å². The van der Waals surface area contributed by atoms with Crippen molar-refractivity contribution in [2.24, 2.45) is 0 Å². The molecule has 0 aliphatic heterocycles. The maximum absolute atomic E-state index is 10.7. The van der Waals surface area contributed by atoms with Gasteiger partial charge in [-0.1, -0.05) is 12.8 Å². The van der Waals surface area contributed by atoms with E-state index in [1.54, 1.807) is 11.3 Å². The first kappa shape index (κ1) is 12.9. The number of aromatic nitrogens is 1. The van der Waals surface area contributed by atoms with Gasteiger partial charge in [0.1, 0.15) is 5.01 Å². The van der Waals surface area contributed by atoms with Crippen molar-refractivity contribution in [3.8, 4) is 0 Å². The number of aryl methyl sites for hydroxylation is 1. The predicted octanol–water partition coefficient (Wildman–Crippen LogP) is 3.25. The second kappa shape index (κ2) is 5.87. The highest BCUT2D eigenvalue weighted by Gasteiger charge is 2.17. The van der Waals surface area contributed by atoms with E-state index in [2.05, 4.69) is 4.98 Å². The topological polar surface area (TPSA) is 50.2 Å². The van der Waals surface area contributed by atoms with Crippen LogP contribution in [0.3, 0.4) is 0 Å². The van der Waals surface area contributed by atoms with Gasteiger partial charge in [-0.25, -0.2) is 4.98 Å². The third kappa shape index (κ3) is 3.71.